The third kappa shape index (κ3) is 4.73. The Kier molecular flexibility index (Phi) is 6.44. The van der Waals surface area contributed by atoms with Gasteiger partial charge >= 0.3 is 0 Å². The van der Waals surface area contributed by atoms with Gasteiger partial charge in [-0.3, -0.25) is 0 Å². The molecule has 0 fully saturated rings. The summed E-state index contributed by atoms with van der Waals surface area (Å²) in [7, 11) is -2.23. The van der Waals surface area contributed by atoms with Gasteiger partial charge < -0.3 is 10.5 Å². The van der Waals surface area contributed by atoms with E-state index in [-0.39, 0.29) is 17.5 Å². The van der Waals surface area contributed by atoms with Gasteiger partial charge in [0.25, 0.3) is 0 Å². The molecule has 0 spiro atoms. The molecular formula is C13H21BrN2O3S. The SMILES string of the molecule is COc1ccc(Br)cc1S(=O)(=O)NC(CN)CC(C)C. The molecular weight excluding hydrogens is 344 g/mol. The zero-order chi connectivity index (χ0) is 15.3. The summed E-state index contributed by atoms with van der Waals surface area (Å²) in [5.74, 6) is 0.664. The van der Waals surface area contributed by atoms with Gasteiger partial charge in [-0.2, -0.15) is 0 Å². The standard InChI is InChI=1S/C13H21BrN2O3S/c1-9(2)6-11(8-15)16-20(17,18)13-7-10(14)4-5-12(13)19-3/h4-5,7,9,11,16H,6,8,15H2,1-3H3. The Morgan fingerprint density at radius 3 is 2.55 bits per heavy atom. The van der Waals surface area contributed by atoms with Gasteiger partial charge in [-0.05, 0) is 30.5 Å². The van der Waals surface area contributed by atoms with Crippen LogP contribution in [-0.2, 0) is 10.0 Å². The highest BCUT2D eigenvalue weighted by molar-refractivity contribution is 9.10. The van der Waals surface area contributed by atoms with E-state index >= 15 is 0 Å². The van der Waals surface area contributed by atoms with Crippen molar-refractivity contribution < 1.29 is 13.2 Å². The topological polar surface area (TPSA) is 81.4 Å². The molecule has 1 atom stereocenters. The van der Waals surface area contributed by atoms with E-state index in [1.165, 1.54) is 13.2 Å². The van der Waals surface area contributed by atoms with E-state index in [9.17, 15) is 8.42 Å². The molecule has 1 rings (SSSR count). The smallest absolute Gasteiger partial charge is 0.244 e. The first-order valence-corrected chi connectivity index (χ1v) is 8.63. The summed E-state index contributed by atoms with van der Waals surface area (Å²) in [6.45, 7) is 4.31. The highest BCUT2D eigenvalue weighted by atomic mass is 79.9. The van der Waals surface area contributed by atoms with Crippen molar-refractivity contribution in [3.8, 4) is 5.75 Å². The minimum Gasteiger partial charge on any atom is -0.495 e. The summed E-state index contributed by atoms with van der Waals surface area (Å²) in [5, 5.41) is 0. The molecule has 0 aliphatic carbocycles. The van der Waals surface area contributed by atoms with Gasteiger partial charge in [-0.25, -0.2) is 13.1 Å². The van der Waals surface area contributed by atoms with E-state index in [2.05, 4.69) is 20.7 Å². The van der Waals surface area contributed by atoms with Crippen molar-refractivity contribution in [1.29, 1.82) is 0 Å². The first-order chi connectivity index (χ1) is 9.30. The number of hydrogen-bond acceptors (Lipinski definition) is 4. The number of sulfonamides is 1. The van der Waals surface area contributed by atoms with Crippen LogP contribution in [0.4, 0.5) is 0 Å². The molecule has 0 heterocycles. The number of benzene rings is 1. The van der Waals surface area contributed by atoms with E-state index in [1.807, 2.05) is 13.8 Å². The Bertz CT molecular complexity index is 547. The predicted octanol–water partition coefficient (Wildman–Crippen LogP) is 2.11. The van der Waals surface area contributed by atoms with Crippen molar-refractivity contribution in [2.24, 2.45) is 11.7 Å². The van der Waals surface area contributed by atoms with E-state index < -0.39 is 10.0 Å². The molecule has 1 unspecified atom stereocenters. The number of methoxy groups -OCH3 is 1. The second-order valence-electron chi connectivity index (χ2n) is 4.98. The summed E-state index contributed by atoms with van der Waals surface area (Å²) in [5.41, 5.74) is 5.64. The van der Waals surface area contributed by atoms with Gasteiger partial charge in [0.05, 0.1) is 7.11 Å². The van der Waals surface area contributed by atoms with Crippen LogP contribution in [-0.4, -0.2) is 28.1 Å². The maximum atomic E-state index is 12.4. The minimum absolute atomic E-state index is 0.108. The molecule has 0 aromatic heterocycles. The number of ether oxygens (including phenoxy) is 1. The van der Waals surface area contributed by atoms with Crippen LogP contribution in [0.5, 0.6) is 5.75 Å². The molecule has 20 heavy (non-hydrogen) atoms. The third-order valence-corrected chi connectivity index (χ3v) is 4.81. The monoisotopic (exact) mass is 364 g/mol. The molecule has 0 saturated heterocycles. The second kappa shape index (κ2) is 7.40. The van der Waals surface area contributed by atoms with Gasteiger partial charge in [-0.1, -0.05) is 29.8 Å². The fourth-order valence-electron chi connectivity index (χ4n) is 1.90. The maximum absolute atomic E-state index is 12.4. The second-order valence-corrected chi connectivity index (χ2v) is 7.58. The van der Waals surface area contributed by atoms with Gasteiger partial charge in [0.15, 0.2) is 0 Å². The van der Waals surface area contributed by atoms with Crippen molar-refractivity contribution in [3.05, 3.63) is 22.7 Å². The Morgan fingerprint density at radius 2 is 2.05 bits per heavy atom. The fraction of sp³-hybridized carbons (Fsp3) is 0.538. The van der Waals surface area contributed by atoms with E-state index in [0.717, 1.165) is 0 Å². The minimum atomic E-state index is -3.67. The lowest BCUT2D eigenvalue weighted by molar-refractivity contribution is 0.401. The molecule has 0 aliphatic rings. The van der Waals surface area contributed by atoms with Crippen LogP contribution >= 0.6 is 15.9 Å². The first kappa shape index (κ1) is 17.4. The summed E-state index contributed by atoms with van der Waals surface area (Å²) >= 11 is 3.27. The Labute approximate surface area is 129 Å². The summed E-state index contributed by atoms with van der Waals surface area (Å²) < 4.78 is 33.3. The van der Waals surface area contributed by atoms with E-state index in [0.29, 0.717) is 22.6 Å². The number of rotatable bonds is 7. The Morgan fingerprint density at radius 1 is 1.40 bits per heavy atom. The van der Waals surface area contributed by atoms with Crippen molar-refractivity contribution in [2.75, 3.05) is 13.7 Å². The average molecular weight is 365 g/mol. The van der Waals surface area contributed by atoms with Crippen LogP contribution in [0.25, 0.3) is 0 Å². The Balaban J connectivity index is 3.07. The lowest BCUT2D eigenvalue weighted by atomic mass is 10.1. The van der Waals surface area contributed by atoms with Crippen LogP contribution in [0.15, 0.2) is 27.6 Å². The molecule has 5 nitrogen and oxygen atoms in total. The molecule has 3 N–H and O–H groups in total. The number of nitrogens with two attached hydrogens (primary N) is 1. The molecule has 7 heteroatoms. The zero-order valence-electron chi connectivity index (χ0n) is 11.9. The van der Waals surface area contributed by atoms with Crippen molar-refractivity contribution in [3.63, 3.8) is 0 Å². The molecule has 0 radical (unpaired) electrons. The normalized spacial score (nSPS) is 13.5. The fourth-order valence-corrected chi connectivity index (χ4v) is 3.87. The quantitative estimate of drug-likeness (QED) is 0.776. The molecule has 0 aliphatic heterocycles. The van der Waals surface area contributed by atoms with Crippen molar-refractivity contribution in [1.82, 2.24) is 4.72 Å². The van der Waals surface area contributed by atoms with Gasteiger partial charge in [-0.15, -0.1) is 0 Å². The third-order valence-electron chi connectivity index (χ3n) is 2.78. The maximum Gasteiger partial charge on any atom is 0.244 e. The van der Waals surface area contributed by atoms with Crippen LogP contribution in [0, 0.1) is 5.92 Å². The number of hydrogen-bond donors (Lipinski definition) is 2. The largest absolute Gasteiger partial charge is 0.495 e. The molecule has 1 aromatic rings. The molecule has 0 bridgehead atoms. The van der Waals surface area contributed by atoms with Crippen LogP contribution in [0.2, 0.25) is 0 Å². The average Bonchev–Trinajstić information content (AvgIpc) is 2.37. The van der Waals surface area contributed by atoms with Gasteiger partial charge in [0.2, 0.25) is 10.0 Å². The van der Waals surface area contributed by atoms with Crippen molar-refractivity contribution >= 4 is 26.0 Å². The number of nitrogens with one attached hydrogen (secondary N) is 1. The van der Waals surface area contributed by atoms with Gasteiger partial charge in [0, 0.05) is 17.1 Å². The van der Waals surface area contributed by atoms with Crippen LogP contribution in [0.1, 0.15) is 20.3 Å². The van der Waals surface area contributed by atoms with Crippen LogP contribution < -0.4 is 15.2 Å². The zero-order valence-corrected chi connectivity index (χ0v) is 14.3. The molecule has 1 aromatic carbocycles. The Hall–Kier alpha value is -0.630. The summed E-state index contributed by atoms with van der Waals surface area (Å²) in [6.07, 6.45) is 0.687. The van der Waals surface area contributed by atoms with Crippen LogP contribution in [0.3, 0.4) is 0 Å². The number of halogens is 1. The van der Waals surface area contributed by atoms with E-state index in [4.69, 9.17) is 10.5 Å². The predicted molar refractivity (Wildman–Crippen MR) is 83.3 cm³/mol. The lowest BCUT2D eigenvalue weighted by Crippen LogP contribution is -2.41. The first-order valence-electron chi connectivity index (χ1n) is 6.36. The molecule has 0 saturated carbocycles. The molecule has 0 amide bonds. The van der Waals surface area contributed by atoms with E-state index in [1.54, 1.807) is 12.1 Å². The molecule has 114 valence electrons. The van der Waals surface area contributed by atoms with Crippen molar-refractivity contribution in [2.45, 2.75) is 31.2 Å². The highest BCUT2D eigenvalue weighted by Crippen LogP contribution is 2.27. The highest BCUT2D eigenvalue weighted by Gasteiger charge is 2.23. The summed E-state index contributed by atoms with van der Waals surface area (Å²) in [6, 6.07) is 4.57. The summed E-state index contributed by atoms with van der Waals surface area (Å²) in [4.78, 5) is 0.108. The van der Waals surface area contributed by atoms with Gasteiger partial charge in [0.1, 0.15) is 10.6 Å². The lowest BCUT2D eigenvalue weighted by Gasteiger charge is -2.19.